The number of amides is 1. The van der Waals surface area contributed by atoms with E-state index in [4.69, 9.17) is 33.7 Å². The second-order valence-corrected chi connectivity index (χ2v) is 9.04. The van der Waals surface area contributed by atoms with Gasteiger partial charge in [0.15, 0.2) is 5.11 Å². The molecule has 0 aliphatic carbocycles. The Morgan fingerprint density at radius 2 is 1.82 bits per heavy atom. The van der Waals surface area contributed by atoms with Crippen LogP contribution in [0.1, 0.15) is 18.5 Å². The molecule has 0 saturated carbocycles. The topological polar surface area (TPSA) is 71.4 Å². The monoisotopic (exact) mass is 493 g/mol. The van der Waals surface area contributed by atoms with Crippen LogP contribution in [0.4, 0.5) is 0 Å². The number of allylic oxidation sites excluding steroid dienone is 1. The van der Waals surface area contributed by atoms with Gasteiger partial charge < -0.3 is 20.3 Å². The van der Waals surface area contributed by atoms with E-state index in [0.29, 0.717) is 42.0 Å². The summed E-state index contributed by atoms with van der Waals surface area (Å²) in [5.41, 5.74) is 4.78. The number of carbonyl (C=O) groups is 1. The lowest BCUT2D eigenvalue weighted by molar-refractivity contribution is -0.131. The molecule has 9 heteroatoms. The molecule has 1 amide bonds. The Balaban J connectivity index is 1.64. The third-order valence-electron chi connectivity index (χ3n) is 5.99. The van der Waals surface area contributed by atoms with Gasteiger partial charge in [0.1, 0.15) is 0 Å². The van der Waals surface area contributed by atoms with Gasteiger partial charge in [-0.05, 0) is 43.4 Å². The first-order chi connectivity index (χ1) is 16.5. The van der Waals surface area contributed by atoms with E-state index in [0.717, 1.165) is 28.2 Å². The number of rotatable bonds is 4. The van der Waals surface area contributed by atoms with Gasteiger partial charge in [-0.15, -0.1) is 0 Å². The number of aromatic nitrogens is 2. The smallest absolute Gasteiger partial charge is 0.254 e. The molecule has 0 bridgehead atoms. The summed E-state index contributed by atoms with van der Waals surface area (Å²) in [7, 11) is 0. The van der Waals surface area contributed by atoms with E-state index < -0.39 is 6.04 Å². The SMILES string of the molecule is CC1=C(C(=O)N2CCOCC2)[C@@H](c2cn(-c3ccccc3)nc2-c2ccc(Cl)cc2)NC(=S)N1. The fourth-order valence-corrected chi connectivity index (χ4v) is 4.69. The predicted molar refractivity (Wildman–Crippen MR) is 136 cm³/mol. The number of nitrogens with one attached hydrogen (secondary N) is 2. The van der Waals surface area contributed by atoms with Crippen LogP contribution in [0.3, 0.4) is 0 Å². The summed E-state index contributed by atoms with van der Waals surface area (Å²) in [5, 5.41) is 12.5. The molecule has 3 heterocycles. The molecular formula is C25H24ClN5O2S. The number of benzene rings is 2. The molecule has 2 aliphatic rings. The summed E-state index contributed by atoms with van der Waals surface area (Å²) in [5.74, 6) is -0.0391. The Morgan fingerprint density at radius 1 is 1.12 bits per heavy atom. The van der Waals surface area contributed by atoms with E-state index in [2.05, 4.69) is 10.6 Å². The zero-order chi connectivity index (χ0) is 23.7. The van der Waals surface area contributed by atoms with Crippen LogP contribution in [0.5, 0.6) is 0 Å². The van der Waals surface area contributed by atoms with Gasteiger partial charge in [-0.1, -0.05) is 41.9 Å². The molecule has 1 fully saturated rings. The summed E-state index contributed by atoms with van der Waals surface area (Å²) in [6, 6.07) is 17.0. The third kappa shape index (κ3) is 4.44. The van der Waals surface area contributed by atoms with Gasteiger partial charge >= 0.3 is 0 Å². The second kappa shape index (κ2) is 9.58. The molecule has 34 heavy (non-hydrogen) atoms. The molecule has 2 N–H and O–H groups in total. The van der Waals surface area contributed by atoms with Crippen molar-refractivity contribution in [2.24, 2.45) is 0 Å². The van der Waals surface area contributed by atoms with Crippen molar-refractivity contribution in [3.63, 3.8) is 0 Å². The maximum absolute atomic E-state index is 13.7. The van der Waals surface area contributed by atoms with E-state index in [-0.39, 0.29) is 5.91 Å². The van der Waals surface area contributed by atoms with Crippen LogP contribution in [-0.2, 0) is 9.53 Å². The second-order valence-electron chi connectivity index (χ2n) is 8.19. The number of nitrogens with zero attached hydrogens (tertiary/aromatic N) is 3. The van der Waals surface area contributed by atoms with Crippen molar-refractivity contribution < 1.29 is 9.53 Å². The molecule has 1 aromatic heterocycles. The Hall–Kier alpha value is -3.20. The van der Waals surface area contributed by atoms with Crippen LogP contribution in [-0.4, -0.2) is 52.0 Å². The Bertz CT molecular complexity index is 1250. The number of carbonyl (C=O) groups excluding carboxylic acids is 1. The van der Waals surface area contributed by atoms with Crippen molar-refractivity contribution in [1.29, 1.82) is 0 Å². The maximum atomic E-state index is 13.7. The lowest BCUT2D eigenvalue weighted by Gasteiger charge is -2.34. The van der Waals surface area contributed by atoms with Gasteiger partial charge in [-0.25, -0.2) is 4.68 Å². The number of thiocarbonyl (C=S) groups is 1. The predicted octanol–water partition coefficient (Wildman–Crippen LogP) is 3.84. The molecule has 5 rings (SSSR count). The Kier molecular flexibility index (Phi) is 6.36. The first kappa shape index (κ1) is 22.6. The van der Waals surface area contributed by atoms with Crippen LogP contribution in [0.2, 0.25) is 5.02 Å². The summed E-state index contributed by atoms with van der Waals surface area (Å²) in [4.78, 5) is 15.5. The average Bonchev–Trinajstić information content (AvgIpc) is 3.30. The lowest BCUT2D eigenvalue weighted by Crippen LogP contribution is -2.49. The molecule has 2 aliphatic heterocycles. The summed E-state index contributed by atoms with van der Waals surface area (Å²) < 4.78 is 7.28. The fraction of sp³-hybridized carbons (Fsp3) is 0.240. The number of ether oxygens (including phenoxy) is 1. The molecular weight excluding hydrogens is 470 g/mol. The largest absolute Gasteiger partial charge is 0.378 e. The first-order valence-corrected chi connectivity index (χ1v) is 11.9. The highest BCUT2D eigenvalue weighted by Crippen LogP contribution is 2.35. The van der Waals surface area contributed by atoms with Crippen LogP contribution in [0.25, 0.3) is 16.9 Å². The Labute approximate surface area is 208 Å². The molecule has 7 nitrogen and oxygen atoms in total. The highest BCUT2D eigenvalue weighted by atomic mass is 35.5. The number of morpholine rings is 1. The van der Waals surface area contributed by atoms with E-state index in [1.54, 1.807) is 0 Å². The van der Waals surface area contributed by atoms with Crippen LogP contribution in [0, 0.1) is 0 Å². The van der Waals surface area contributed by atoms with E-state index in [9.17, 15) is 4.79 Å². The first-order valence-electron chi connectivity index (χ1n) is 11.1. The van der Waals surface area contributed by atoms with Crippen molar-refractivity contribution >= 4 is 34.8 Å². The molecule has 2 aromatic carbocycles. The van der Waals surface area contributed by atoms with E-state index in [1.807, 2.05) is 77.3 Å². The van der Waals surface area contributed by atoms with Gasteiger partial charge in [0.25, 0.3) is 5.91 Å². The quantitative estimate of drug-likeness (QED) is 0.538. The zero-order valence-corrected chi connectivity index (χ0v) is 20.2. The summed E-state index contributed by atoms with van der Waals surface area (Å²) >= 11 is 11.6. The third-order valence-corrected chi connectivity index (χ3v) is 6.46. The maximum Gasteiger partial charge on any atom is 0.254 e. The molecule has 0 radical (unpaired) electrons. The van der Waals surface area contributed by atoms with Crippen molar-refractivity contribution in [2.75, 3.05) is 26.3 Å². The molecule has 3 aromatic rings. The molecule has 0 spiro atoms. The number of para-hydroxylation sites is 1. The van der Waals surface area contributed by atoms with Gasteiger partial charge in [-0.3, -0.25) is 4.79 Å². The van der Waals surface area contributed by atoms with Crippen molar-refractivity contribution in [2.45, 2.75) is 13.0 Å². The Morgan fingerprint density at radius 3 is 2.53 bits per heavy atom. The minimum Gasteiger partial charge on any atom is -0.378 e. The summed E-state index contributed by atoms with van der Waals surface area (Å²) in [6.07, 6.45) is 1.96. The van der Waals surface area contributed by atoms with Crippen LogP contribution < -0.4 is 10.6 Å². The number of hydrogen-bond acceptors (Lipinski definition) is 4. The molecule has 0 unspecified atom stereocenters. The van der Waals surface area contributed by atoms with Crippen molar-refractivity contribution in [3.8, 4) is 16.9 Å². The van der Waals surface area contributed by atoms with Crippen LogP contribution in [0.15, 0.2) is 72.1 Å². The normalized spacial score (nSPS) is 18.5. The average molecular weight is 494 g/mol. The van der Waals surface area contributed by atoms with Gasteiger partial charge in [0.05, 0.1) is 36.2 Å². The van der Waals surface area contributed by atoms with Crippen molar-refractivity contribution in [1.82, 2.24) is 25.3 Å². The highest BCUT2D eigenvalue weighted by Gasteiger charge is 2.35. The van der Waals surface area contributed by atoms with Gasteiger partial charge in [0, 0.05) is 41.1 Å². The van der Waals surface area contributed by atoms with Gasteiger partial charge in [0.2, 0.25) is 0 Å². The summed E-state index contributed by atoms with van der Waals surface area (Å²) in [6.45, 7) is 4.06. The highest BCUT2D eigenvalue weighted by molar-refractivity contribution is 7.80. The van der Waals surface area contributed by atoms with Crippen LogP contribution >= 0.6 is 23.8 Å². The lowest BCUT2D eigenvalue weighted by atomic mass is 9.93. The molecule has 1 atom stereocenters. The molecule has 1 saturated heterocycles. The number of hydrogen-bond donors (Lipinski definition) is 2. The van der Waals surface area contributed by atoms with Crippen molar-refractivity contribution in [3.05, 3.63) is 82.7 Å². The van der Waals surface area contributed by atoms with E-state index in [1.165, 1.54) is 0 Å². The van der Waals surface area contributed by atoms with E-state index >= 15 is 0 Å². The zero-order valence-electron chi connectivity index (χ0n) is 18.6. The minimum atomic E-state index is -0.466. The standard InChI is InChI=1S/C25H24ClN5O2S/c1-16-21(24(32)30-11-13-33-14-12-30)23(28-25(34)27-16)20-15-31(19-5-3-2-4-6-19)29-22(20)17-7-9-18(26)10-8-17/h2-10,15,23H,11-14H2,1H3,(H2,27,28,34)/t23-/m1/s1. The molecule has 174 valence electrons. The fourth-order valence-electron chi connectivity index (χ4n) is 4.29. The minimum absolute atomic E-state index is 0.0391. The number of halogens is 1. The van der Waals surface area contributed by atoms with Gasteiger partial charge in [-0.2, -0.15) is 5.10 Å².